The molecule has 0 spiro atoms. The van der Waals surface area contributed by atoms with Gasteiger partial charge in [-0.25, -0.2) is 0 Å². The third-order valence-corrected chi connectivity index (χ3v) is 5.17. The predicted molar refractivity (Wildman–Crippen MR) is 43.1 cm³/mol. The van der Waals surface area contributed by atoms with Crippen LogP contribution < -0.4 is 26.5 Å². The van der Waals surface area contributed by atoms with Crippen LogP contribution in [0.15, 0.2) is 0 Å². The first-order chi connectivity index (χ1) is 4.72. The fourth-order valence-electron chi connectivity index (χ4n) is 0.817. The van der Waals surface area contributed by atoms with Crippen LogP contribution in [-0.4, -0.2) is 22.4 Å². The second kappa shape index (κ2) is 6.40. The monoisotopic (exact) mass is 256 g/mol. The Morgan fingerprint density at radius 3 is 2.40 bits per heavy atom. The predicted octanol–water partition coefficient (Wildman–Crippen LogP) is -1.66. The first-order valence-corrected chi connectivity index (χ1v) is 7.25. The van der Waals surface area contributed by atoms with Gasteiger partial charge in [-0.15, -0.1) is 0 Å². The van der Waals surface area contributed by atoms with Crippen molar-refractivity contribution in [3.63, 3.8) is 0 Å². The summed E-state index contributed by atoms with van der Waals surface area (Å²) in [4.78, 5) is 2.37. The molecule has 0 aromatic heterocycles. The van der Waals surface area contributed by atoms with Crippen LogP contribution in [0.2, 0.25) is 0 Å². The fourth-order valence-corrected chi connectivity index (χ4v) is 2.40. The number of halogens is 1. The fraction of sp³-hybridized carbons (Fsp3) is 1.00. The van der Waals surface area contributed by atoms with Gasteiger partial charge in [-0.3, -0.25) is 0 Å². The zero-order valence-corrected chi connectivity index (χ0v) is 9.60. The van der Waals surface area contributed by atoms with E-state index >= 15 is 0 Å². The number of rotatable bonds is 5. The Labute approximate surface area is 75.2 Å². The van der Waals surface area contributed by atoms with Crippen LogP contribution in [0.25, 0.3) is 0 Å². The van der Waals surface area contributed by atoms with Crippen LogP contribution in [0, 0.1) is 5.92 Å². The average Bonchev–Trinajstić information content (AvgIpc) is 1.98. The standard InChI is InChI=1S/C8H19IN/c1-7(5-6-10-4)8(2)9-3/h7-8,10H,5-6H2,1-4H3/q-1. The Bertz CT molecular complexity index is 75.7. The van der Waals surface area contributed by atoms with Crippen LogP contribution in [0.5, 0.6) is 0 Å². The van der Waals surface area contributed by atoms with Gasteiger partial charge in [-0.05, 0) is 0 Å². The van der Waals surface area contributed by atoms with E-state index in [0.29, 0.717) is 21.2 Å². The summed E-state index contributed by atoms with van der Waals surface area (Å²) < 4.78 is 0.993. The number of hydrogen-bond acceptors (Lipinski definition) is 1. The van der Waals surface area contributed by atoms with Gasteiger partial charge >= 0.3 is 75.2 Å². The zero-order valence-electron chi connectivity index (χ0n) is 7.45. The minimum atomic E-state index is 0.459. The topological polar surface area (TPSA) is 12.0 Å². The molecule has 0 aromatic rings. The number of nitrogens with one attached hydrogen (secondary N) is 1. The molecule has 0 aliphatic rings. The molecule has 0 fully saturated rings. The van der Waals surface area contributed by atoms with Crippen molar-refractivity contribution in [3.05, 3.63) is 0 Å². The van der Waals surface area contributed by atoms with Gasteiger partial charge in [0.25, 0.3) is 0 Å². The molecule has 10 heavy (non-hydrogen) atoms. The molecule has 1 nitrogen and oxygen atoms in total. The molecule has 2 atom stereocenters. The van der Waals surface area contributed by atoms with Crippen molar-refractivity contribution >= 4 is 0 Å². The van der Waals surface area contributed by atoms with Crippen molar-refractivity contribution in [2.24, 2.45) is 5.92 Å². The quantitative estimate of drug-likeness (QED) is 0.458. The van der Waals surface area contributed by atoms with Crippen molar-refractivity contribution in [2.75, 3.05) is 18.5 Å². The molecule has 0 rings (SSSR count). The van der Waals surface area contributed by atoms with E-state index in [2.05, 4.69) is 24.1 Å². The summed E-state index contributed by atoms with van der Waals surface area (Å²) in [6, 6.07) is 0. The summed E-state index contributed by atoms with van der Waals surface area (Å²) in [6.45, 7) is 5.92. The van der Waals surface area contributed by atoms with E-state index in [1.54, 1.807) is 0 Å². The number of alkyl halides is 2. The maximum atomic E-state index is 3.19. The van der Waals surface area contributed by atoms with Crippen LogP contribution in [-0.2, 0) is 0 Å². The molecule has 64 valence electrons. The molecule has 2 heteroatoms. The van der Waals surface area contributed by atoms with E-state index in [9.17, 15) is 0 Å². The third kappa shape index (κ3) is 4.50. The summed E-state index contributed by atoms with van der Waals surface area (Å²) in [7, 11) is 2.03. The molecule has 2 unspecified atom stereocenters. The van der Waals surface area contributed by atoms with Gasteiger partial charge < -0.3 is 0 Å². The Kier molecular flexibility index (Phi) is 6.85. The zero-order chi connectivity index (χ0) is 7.98. The van der Waals surface area contributed by atoms with Gasteiger partial charge in [0.1, 0.15) is 0 Å². The molecule has 0 heterocycles. The molecule has 0 radical (unpaired) electrons. The normalized spacial score (nSPS) is 17.2. The Hall–Kier alpha value is 0.690. The molecule has 0 amide bonds. The van der Waals surface area contributed by atoms with E-state index in [1.165, 1.54) is 13.0 Å². The first-order valence-electron chi connectivity index (χ1n) is 3.85. The Balaban J connectivity index is 3.31. The summed E-state index contributed by atoms with van der Waals surface area (Å²) in [5, 5.41) is 3.19. The van der Waals surface area contributed by atoms with Crippen LogP contribution in [0.3, 0.4) is 0 Å². The third-order valence-electron chi connectivity index (χ3n) is 1.98. The van der Waals surface area contributed by atoms with Crippen LogP contribution in [0.1, 0.15) is 20.3 Å². The summed E-state index contributed by atoms with van der Waals surface area (Å²) in [5.74, 6) is 0.922. The average molecular weight is 256 g/mol. The van der Waals surface area contributed by atoms with Crippen molar-refractivity contribution < 1.29 is 21.2 Å². The summed E-state index contributed by atoms with van der Waals surface area (Å²) >= 11 is 0.459. The molecule has 0 bridgehead atoms. The number of hydrogen-bond donors (Lipinski definition) is 1. The van der Waals surface area contributed by atoms with Crippen molar-refractivity contribution in [3.8, 4) is 0 Å². The van der Waals surface area contributed by atoms with E-state index in [-0.39, 0.29) is 0 Å². The van der Waals surface area contributed by atoms with Crippen molar-refractivity contribution in [2.45, 2.75) is 24.2 Å². The van der Waals surface area contributed by atoms with Gasteiger partial charge in [-0.1, -0.05) is 0 Å². The van der Waals surface area contributed by atoms with Crippen molar-refractivity contribution in [1.29, 1.82) is 0 Å². The maximum absolute atomic E-state index is 3.19. The Morgan fingerprint density at radius 2 is 2.00 bits per heavy atom. The Morgan fingerprint density at radius 1 is 1.40 bits per heavy atom. The van der Waals surface area contributed by atoms with Gasteiger partial charge in [0.05, 0.1) is 0 Å². The molecule has 0 aliphatic carbocycles. The van der Waals surface area contributed by atoms with E-state index < -0.39 is 0 Å². The first kappa shape index (κ1) is 10.7. The summed E-state index contributed by atoms with van der Waals surface area (Å²) in [5.41, 5.74) is 0. The van der Waals surface area contributed by atoms with Crippen LogP contribution >= 0.6 is 0 Å². The SMILES string of the molecule is CNCCC(C)C(C)[I-]C. The molecule has 1 N–H and O–H groups in total. The van der Waals surface area contributed by atoms with Gasteiger partial charge in [0, 0.05) is 0 Å². The minimum absolute atomic E-state index is 0.459. The molecule has 0 saturated heterocycles. The second-order valence-corrected chi connectivity index (χ2v) is 5.98. The molecule has 0 aliphatic heterocycles. The van der Waals surface area contributed by atoms with Gasteiger partial charge in [0.2, 0.25) is 0 Å². The molecular formula is C8H19IN-. The van der Waals surface area contributed by atoms with E-state index in [1.807, 2.05) is 7.05 Å². The van der Waals surface area contributed by atoms with Crippen molar-refractivity contribution in [1.82, 2.24) is 5.32 Å². The van der Waals surface area contributed by atoms with Gasteiger partial charge in [0.15, 0.2) is 0 Å². The van der Waals surface area contributed by atoms with Crippen LogP contribution in [0.4, 0.5) is 0 Å². The molecule has 0 saturated carbocycles. The van der Waals surface area contributed by atoms with E-state index in [0.717, 1.165) is 9.84 Å². The molecule has 0 aromatic carbocycles. The van der Waals surface area contributed by atoms with E-state index in [4.69, 9.17) is 0 Å². The summed E-state index contributed by atoms with van der Waals surface area (Å²) in [6.07, 6.45) is 1.34. The molecular weight excluding hydrogens is 237 g/mol. The van der Waals surface area contributed by atoms with Gasteiger partial charge in [-0.2, -0.15) is 0 Å². The second-order valence-electron chi connectivity index (χ2n) is 2.77.